The fraction of sp³-hybridized carbons (Fsp3) is 0.385. The summed E-state index contributed by atoms with van der Waals surface area (Å²) in [4.78, 5) is 6.57. The van der Waals surface area contributed by atoms with Crippen molar-refractivity contribution in [2.45, 2.75) is 24.7 Å². The van der Waals surface area contributed by atoms with Gasteiger partial charge in [-0.15, -0.1) is 0 Å². The highest BCUT2D eigenvalue weighted by atomic mass is 32.2. The number of rotatable bonds is 8. The molecule has 106 valence electrons. The summed E-state index contributed by atoms with van der Waals surface area (Å²) in [6, 6.07) is 6.55. The molecule has 0 aliphatic heterocycles. The predicted octanol–water partition coefficient (Wildman–Crippen LogP) is 1.89. The number of hydrogen-bond acceptors (Lipinski definition) is 4. The Morgan fingerprint density at radius 3 is 2.53 bits per heavy atom. The average Bonchev–Trinajstić information content (AvgIpc) is 2.39. The Kier molecular flexibility index (Phi) is 6.55. The van der Waals surface area contributed by atoms with Gasteiger partial charge in [0.2, 0.25) is 0 Å². The number of hydrogen-bond donors (Lipinski definition) is 2. The molecule has 0 spiro atoms. The van der Waals surface area contributed by atoms with Gasteiger partial charge in [0.25, 0.3) is 10.0 Å². The lowest BCUT2D eigenvalue weighted by Crippen LogP contribution is -2.22. The molecule has 19 heavy (non-hydrogen) atoms. The maximum atomic E-state index is 11.6. The summed E-state index contributed by atoms with van der Waals surface area (Å²) in [5, 5.41) is 3.17. The number of nitrogens with one attached hydrogen (secondary N) is 2. The second-order valence-corrected chi connectivity index (χ2v) is 5.65. The van der Waals surface area contributed by atoms with Crippen LogP contribution in [0.25, 0.3) is 6.08 Å². The zero-order valence-electron chi connectivity index (χ0n) is 11.2. The molecular formula is C13H20N2O3S. The van der Waals surface area contributed by atoms with Gasteiger partial charge in [-0.05, 0) is 36.4 Å². The van der Waals surface area contributed by atoms with E-state index in [2.05, 4.69) is 17.1 Å². The third kappa shape index (κ3) is 5.42. The van der Waals surface area contributed by atoms with E-state index in [1.54, 1.807) is 12.1 Å². The van der Waals surface area contributed by atoms with Crippen molar-refractivity contribution in [2.75, 3.05) is 13.7 Å². The Morgan fingerprint density at radius 2 is 1.95 bits per heavy atom. The van der Waals surface area contributed by atoms with Crippen molar-refractivity contribution in [3.8, 4) is 0 Å². The van der Waals surface area contributed by atoms with Crippen molar-refractivity contribution in [1.29, 1.82) is 0 Å². The Hall–Kier alpha value is -1.37. The van der Waals surface area contributed by atoms with Crippen LogP contribution in [0.2, 0.25) is 0 Å². The highest BCUT2D eigenvalue weighted by Gasteiger charge is 2.12. The van der Waals surface area contributed by atoms with Gasteiger partial charge in [0.05, 0.1) is 12.0 Å². The second kappa shape index (κ2) is 7.93. The first-order valence-electron chi connectivity index (χ1n) is 6.15. The van der Waals surface area contributed by atoms with Crippen LogP contribution in [-0.4, -0.2) is 22.1 Å². The minimum absolute atomic E-state index is 0.172. The smallest absolute Gasteiger partial charge is 0.262 e. The van der Waals surface area contributed by atoms with Crippen molar-refractivity contribution < 1.29 is 13.3 Å². The van der Waals surface area contributed by atoms with E-state index in [-0.39, 0.29) is 4.90 Å². The molecule has 0 aliphatic carbocycles. The lowest BCUT2D eigenvalue weighted by molar-refractivity contribution is 0.153. The molecule has 6 heteroatoms. The van der Waals surface area contributed by atoms with E-state index in [0.717, 1.165) is 24.9 Å². The summed E-state index contributed by atoms with van der Waals surface area (Å²) in [5.41, 5.74) is 0.931. The third-order valence-electron chi connectivity index (χ3n) is 2.45. The van der Waals surface area contributed by atoms with Crippen LogP contribution in [0.3, 0.4) is 0 Å². The van der Waals surface area contributed by atoms with Crippen LogP contribution in [-0.2, 0) is 14.9 Å². The first-order chi connectivity index (χ1) is 9.10. The first kappa shape index (κ1) is 15.7. The lowest BCUT2D eigenvalue weighted by atomic mass is 10.2. The summed E-state index contributed by atoms with van der Waals surface area (Å²) >= 11 is 0. The molecule has 1 aromatic carbocycles. The summed E-state index contributed by atoms with van der Waals surface area (Å²) in [7, 11) is -2.31. The van der Waals surface area contributed by atoms with Gasteiger partial charge in [-0.3, -0.25) is 4.84 Å². The molecule has 0 aliphatic rings. The van der Waals surface area contributed by atoms with E-state index in [4.69, 9.17) is 0 Å². The van der Waals surface area contributed by atoms with Crippen molar-refractivity contribution in [3.63, 3.8) is 0 Å². The van der Waals surface area contributed by atoms with Gasteiger partial charge in [0.1, 0.15) is 0 Å². The standard InChI is InChI=1S/C13H20N2O3S/c1-3-4-10-14-11-9-12-5-7-13(8-6-12)19(16,17)15-18-2/h5-9,11,14-15H,3-4,10H2,1-2H3/b11-9-. The van der Waals surface area contributed by atoms with Gasteiger partial charge in [-0.25, -0.2) is 8.42 Å². The van der Waals surface area contributed by atoms with E-state index >= 15 is 0 Å². The molecule has 0 fully saturated rings. The van der Waals surface area contributed by atoms with Crippen LogP contribution in [0.15, 0.2) is 35.4 Å². The van der Waals surface area contributed by atoms with Crippen LogP contribution in [0.4, 0.5) is 0 Å². The number of sulfonamides is 1. The van der Waals surface area contributed by atoms with Crippen molar-refractivity contribution in [1.82, 2.24) is 10.2 Å². The monoisotopic (exact) mass is 284 g/mol. The van der Waals surface area contributed by atoms with Gasteiger partial charge >= 0.3 is 0 Å². The van der Waals surface area contributed by atoms with Crippen molar-refractivity contribution in [3.05, 3.63) is 36.0 Å². The molecule has 0 radical (unpaired) electrons. The van der Waals surface area contributed by atoms with Crippen molar-refractivity contribution >= 4 is 16.1 Å². The summed E-state index contributed by atoms with van der Waals surface area (Å²) in [5.74, 6) is 0. The van der Waals surface area contributed by atoms with E-state index in [9.17, 15) is 8.42 Å². The normalized spacial score (nSPS) is 11.9. The van der Waals surface area contributed by atoms with Crippen LogP contribution < -0.4 is 10.2 Å². The molecule has 0 amide bonds. The molecule has 5 nitrogen and oxygen atoms in total. The summed E-state index contributed by atoms with van der Waals surface area (Å²) in [6.45, 7) is 3.08. The minimum atomic E-state index is -3.57. The summed E-state index contributed by atoms with van der Waals surface area (Å²) < 4.78 is 23.2. The third-order valence-corrected chi connectivity index (χ3v) is 3.73. The Bertz CT molecular complexity index is 495. The topological polar surface area (TPSA) is 67.4 Å². The van der Waals surface area contributed by atoms with E-state index in [1.807, 2.05) is 17.2 Å². The molecule has 0 aromatic heterocycles. The van der Waals surface area contributed by atoms with Crippen LogP contribution in [0.1, 0.15) is 25.3 Å². The lowest BCUT2D eigenvalue weighted by Gasteiger charge is -2.04. The zero-order valence-corrected chi connectivity index (χ0v) is 12.0. The molecule has 0 unspecified atom stereocenters. The van der Waals surface area contributed by atoms with Crippen LogP contribution in [0, 0.1) is 0 Å². The van der Waals surface area contributed by atoms with Gasteiger partial charge in [0.15, 0.2) is 0 Å². The average molecular weight is 284 g/mol. The summed E-state index contributed by atoms with van der Waals surface area (Å²) in [6.07, 6.45) is 6.05. The molecule has 2 N–H and O–H groups in total. The molecule has 0 atom stereocenters. The van der Waals surface area contributed by atoms with Gasteiger partial charge in [-0.1, -0.05) is 30.4 Å². The second-order valence-electron chi connectivity index (χ2n) is 4.00. The fourth-order valence-corrected chi connectivity index (χ4v) is 2.24. The Labute approximate surface area is 114 Å². The zero-order chi connectivity index (χ0) is 14.1. The van der Waals surface area contributed by atoms with Crippen molar-refractivity contribution in [2.24, 2.45) is 0 Å². The number of benzene rings is 1. The fourth-order valence-electron chi connectivity index (χ4n) is 1.43. The minimum Gasteiger partial charge on any atom is -0.391 e. The molecule has 0 saturated carbocycles. The molecule has 0 heterocycles. The molecule has 0 bridgehead atoms. The van der Waals surface area contributed by atoms with E-state index in [0.29, 0.717) is 0 Å². The Morgan fingerprint density at radius 1 is 1.26 bits per heavy atom. The molecular weight excluding hydrogens is 264 g/mol. The maximum Gasteiger partial charge on any atom is 0.262 e. The SMILES string of the molecule is CCCCN/C=C\c1ccc(S(=O)(=O)NOC)cc1. The number of unbranched alkanes of at least 4 members (excludes halogenated alkanes) is 1. The maximum absolute atomic E-state index is 11.6. The van der Waals surface area contributed by atoms with Gasteiger partial charge in [-0.2, -0.15) is 0 Å². The Balaban J connectivity index is 2.62. The van der Waals surface area contributed by atoms with Gasteiger partial charge in [0, 0.05) is 6.54 Å². The van der Waals surface area contributed by atoms with E-state index < -0.39 is 10.0 Å². The van der Waals surface area contributed by atoms with Crippen LogP contribution >= 0.6 is 0 Å². The highest BCUT2D eigenvalue weighted by molar-refractivity contribution is 7.89. The van der Waals surface area contributed by atoms with Crippen LogP contribution in [0.5, 0.6) is 0 Å². The molecule has 1 aromatic rings. The molecule has 0 saturated heterocycles. The molecule has 1 rings (SSSR count). The quantitative estimate of drug-likeness (QED) is 0.565. The first-order valence-corrected chi connectivity index (χ1v) is 7.63. The van der Waals surface area contributed by atoms with E-state index in [1.165, 1.54) is 19.2 Å². The highest BCUT2D eigenvalue weighted by Crippen LogP contribution is 2.11. The van der Waals surface area contributed by atoms with Gasteiger partial charge < -0.3 is 5.32 Å². The largest absolute Gasteiger partial charge is 0.391 e. The predicted molar refractivity (Wildman–Crippen MR) is 75.7 cm³/mol.